The zero-order chi connectivity index (χ0) is 37.9. The SMILES string of the molecule is COCC(C)OCCOc1ccc(C(C)(c2ccc(-c3ccccc3)cc2)c2ccc(OCCOCC3CO3)c(-c3ccccc3)c2)cc1-c1ccccc1. The zero-order valence-electron chi connectivity index (χ0n) is 32.0. The van der Waals surface area contributed by atoms with Crippen molar-refractivity contribution < 1.29 is 28.4 Å². The van der Waals surface area contributed by atoms with E-state index in [2.05, 4.69) is 146 Å². The van der Waals surface area contributed by atoms with Crippen LogP contribution in [-0.2, 0) is 24.4 Å². The minimum absolute atomic E-state index is 0.00752. The van der Waals surface area contributed by atoms with Gasteiger partial charge in [0, 0.05) is 23.7 Å². The molecule has 3 atom stereocenters. The Labute approximate surface area is 325 Å². The Bertz CT molecular complexity index is 2080. The lowest BCUT2D eigenvalue weighted by Gasteiger charge is -2.33. The number of ether oxygens (including phenoxy) is 6. The molecule has 7 rings (SSSR count). The van der Waals surface area contributed by atoms with Crippen molar-refractivity contribution in [1.82, 2.24) is 0 Å². The van der Waals surface area contributed by atoms with Crippen molar-refractivity contribution in [3.8, 4) is 44.9 Å². The summed E-state index contributed by atoms with van der Waals surface area (Å²) in [7, 11) is 1.68. The van der Waals surface area contributed by atoms with Crippen LogP contribution >= 0.6 is 0 Å². The van der Waals surface area contributed by atoms with Gasteiger partial charge in [0.05, 0.1) is 39.1 Å². The summed E-state index contributed by atoms with van der Waals surface area (Å²) in [4.78, 5) is 0. The molecule has 0 bridgehead atoms. The molecule has 1 aliphatic heterocycles. The maximum Gasteiger partial charge on any atom is 0.127 e. The van der Waals surface area contributed by atoms with Gasteiger partial charge in [-0.1, -0.05) is 127 Å². The summed E-state index contributed by atoms with van der Waals surface area (Å²) in [6.07, 6.45) is 0.220. The van der Waals surface area contributed by atoms with E-state index >= 15 is 0 Å². The predicted octanol–water partition coefficient (Wildman–Crippen LogP) is 10.3. The van der Waals surface area contributed by atoms with Crippen molar-refractivity contribution in [2.24, 2.45) is 0 Å². The molecule has 0 spiro atoms. The zero-order valence-corrected chi connectivity index (χ0v) is 32.0. The van der Waals surface area contributed by atoms with Crippen molar-refractivity contribution in [1.29, 1.82) is 0 Å². The van der Waals surface area contributed by atoms with Gasteiger partial charge in [-0.3, -0.25) is 0 Å². The number of hydrogen-bond acceptors (Lipinski definition) is 6. The molecule has 0 amide bonds. The number of epoxide rings is 1. The Morgan fingerprint density at radius 2 is 1.05 bits per heavy atom. The van der Waals surface area contributed by atoms with E-state index in [-0.39, 0.29) is 12.2 Å². The van der Waals surface area contributed by atoms with Crippen molar-refractivity contribution in [2.75, 3.05) is 53.4 Å². The Hall–Kier alpha value is -5.24. The monoisotopic (exact) mass is 734 g/mol. The normalized spacial score (nSPS) is 15.2. The largest absolute Gasteiger partial charge is 0.491 e. The molecule has 6 aromatic rings. The number of benzene rings is 6. The third kappa shape index (κ3) is 9.53. The molecule has 0 aromatic heterocycles. The molecular formula is C49H50O6. The molecule has 0 saturated carbocycles. The summed E-state index contributed by atoms with van der Waals surface area (Å²) in [6.45, 7) is 8.07. The molecule has 0 N–H and O–H groups in total. The second-order valence-electron chi connectivity index (χ2n) is 14.1. The van der Waals surface area contributed by atoms with E-state index in [4.69, 9.17) is 28.4 Å². The van der Waals surface area contributed by atoms with E-state index in [1.807, 2.05) is 19.1 Å². The second-order valence-corrected chi connectivity index (χ2v) is 14.1. The molecule has 1 heterocycles. The van der Waals surface area contributed by atoms with Crippen LogP contribution < -0.4 is 9.47 Å². The van der Waals surface area contributed by atoms with Crippen molar-refractivity contribution in [3.63, 3.8) is 0 Å². The van der Waals surface area contributed by atoms with E-state index in [9.17, 15) is 0 Å². The summed E-state index contributed by atoms with van der Waals surface area (Å²) in [6, 6.07) is 53.6. The number of hydrogen-bond donors (Lipinski definition) is 0. The highest BCUT2D eigenvalue weighted by Crippen LogP contribution is 2.45. The lowest BCUT2D eigenvalue weighted by molar-refractivity contribution is -0.00208. The third-order valence-electron chi connectivity index (χ3n) is 10.2. The van der Waals surface area contributed by atoms with Crippen LogP contribution in [0.1, 0.15) is 30.5 Å². The molecule has 0 aliphatic carbocycles. The lowest BCUT2D eigenvalue weighted by atomic mass is 9.70. The first-order valence-electron chi connectivity index (χ1n) is 19.1. The molecule has 282 valence electrons. The molecule has 6 heteroatoms. The maximum absolute atomic E-state index is 6.43. The van der Waals surface area contributed by atoms with Crippen molar-refractivity contribution in [2.45, 2.75) is 31.5 Å². The van der Waals surface area contributed by atoms with Crippen LogP contribution in [0, 0.1) is 0 Å². The molecule has 1 fully saturated rings. The first-order chi connectivity index (χ1) is 27.0. The standard InChI is InChI=1S/C49H50O6/c1-36(33-50-3)52-29-30-54-48-26-24-43(32-46(48)40-17-11-6-12-18-40)49(2,41-21-19-38(20-22-41)37-13-7-4-8-14-37)42-23-25-47(53-28-27-51-34-44-35-55-44)45(31-42)39-15-9-5-10-16-39/h4-26,31-32,36,44H,27-30,33-35H2,1-3H3. The quantitative estimate of drug-likeness (QED) is 0.0469. The van der Waals surface area contributed by atoms with E-state index in [1.54, 1.807) is 7.11 Å². The summed E-state index contributed by atoms with van der Waals surface area (Å²) in [5.74, 6) is 1.63. The van der Waals surface area contributed by atoms with Crippen LogP contribution in [-0.4, -0.2) is 65.6 Å². The van der Waals surface area contributed by atoms with E-state index in [0.717, 1.165) is 51.5 Å². The first-order valence-corrected chi connectivity index (χ1v) is 19.1. The van der Waals surface area contributed by atoms with Crippen LogP contribution in [0.5, 0.6) is 11.5 Å². The second kappa shape index (κ2) is 18.4. The fourth-order valence-electron chi connectivity index (χ4n) is 7.02. The summed E-state index contributed by atoms with van der Waals surface area (Å²) in [5, 5.41) is 0. The molecule has 0 radical (unpaired) electrons. The van der Waals surface area contributed by atoms with E-state index in [1.165, 1.54) is 16.7 Å². The van der Waals surface area contributed by atoms with Gasteiger partial charge in [-0.05, 0) is 77.1 Å². The molecule has 6 nitrogen and oxygen atoms in total. The van der Waals surface area contributed by atoms with Gasteiger partial charge in [0.25, 0.3) is 0 Å². The van der Waals surface area contributed by atoms with Gasteiger partial charge >= 0.3 is 0 Å². The van der Waals surface area contributed by atoms with Gasteiger partial charge in [-0.2, -0.15) is 0 Å². The summed E-state index contributed by atoms with van der Waals surface area (Å²) >= 11 is 0. The van der Waals surface area contributed by atoms with Crippen LogP contribution in [0.3, 0.4) is 0 Å². The van der Waals surface area contributed by atoms with Crippen molar-refractivity contribution in [3.05, 3.63) is 168 Å². The first kappa shape index (κ1) is 38.1. The van der Waals surface area contributed by atoms with Crippen LogP contribution in [0.15, 0.2) is 152 Å². The van der Waals surface area contributed by atoms with Crippen molar-refractivity contribution >= 4 is 0 Å². The molecule has 55 heavy (non-hydrogen) atoms. The minimum Gasteiger partial charge on any atom is -0.491 e. The fourth-order valence-corrected chi connectivity index (χ4v) is 7.02. The Kier molecular flexibility index (Phi) is 12.7. The molecule has 3 unspecified atom stereocenters. The molecule has 6 aromatic carbocycles. The van der Waals surface area contributed by atoms with E-state index < -0.39 is 5.41 Å². The molecular weight excluding hydrogens is 685 g/mol. The highest BCUT2D eigenvalue weighted by Gasteiger charge is 2.33. The topological polar surface area (TPSA) is 58.7 Å². The predicted molar refractivity (Wildman–Crippen MR) is 220 cm³/mol. The van der Waals surface area contributed by atoms with Gasteiger partial charge in [0.1, 0.15) is 30.8 Å². The van der Waals surface area contributed by atoms with Crippen LogP contribution in [0.4, 0.5) is 0 Å². The lowest BCUT2D eigenvalue weighted by Crippen LogP contribution is -2.26. The highest BCUT2D eigenvalue weighted by molar-refractivity contribution is 5.75. The van der Waals surface area contributed by atoms with Crippen LogP contribution in [0.25, 0.3) is 33.4 Å². The highest BCUT2D eigenvalue weighted by atomic mass is 16.6. The van der Waals surface area contributed by atoms with Gasteiger partial charge in [0.2, 0.25) is 0 Å². The average Bonchev–Trinajstić information content (AvgIpc) is 4.08. The molecule has 1 aliphatic rings. The maximum atomic E-state index is 6.43. The fraction of sp³-hybridized carbons (Fsp3) is 0.265. The smallest absolute Gasteiger partial charge is 0.127 e. The average molecular weight is 735 g/mol. The van der Waals surface area contributed by atoms with Gasteiger partial charge in [-0.25, -0.2) is 0 Å². The number of methoxy groups -OCH3 is 1. The van der Waals surface area contributed by atoms with Crippen LogP contribution in [0.2, 0.25) is 0 Å². The Balaban J connectivity index is 1.30. The minimum atomic E-state index is -0.564. The van der Waals surface area contributed by atoms with Gasteiger partial charge < -0.3 is 28.4 Å². The van der Waals surface area contributed by atoms with E-state index in [0.29, 0.717) is 39.6 Å². The third-order valence-corrected chi connectivity index (χ3v) is 10.2. The summed E-state index contributed by atoms with van der Waals surface area (Å²) in [5.41, 5.74) is 9.47. The Morgan fingerprint density at radius 1 is 0.582 bits per heavy atom. The molecule has 1 saturated heterocycles. The number of rotatable bonds is 19. The van der Waals surface area contributed by atoms with Gasteiger partial charge in [-0.15, -0.1) is 0 Å². The summed E-state index contributed by atoms with van der Waals surface area (Å²) < 4.78 is 35.1. The van der Waals surface area contributed by atoms with Gasteiger partial charge in [0.15, 0.2) is 0 Å². The Morgan fingerprint density at radius 3 is 1.56 bits per heavy atom.